The maximum Gasteiger partial charge on any atom is 0.134 e. The van der Waals surface area contributed by atoms with Crippen molar-refractivity contribution < 1.29 is 4.42 Å². The lowest BCUT2D eigenvalue weighted by Crippen LogP contribution is -2.44. The zero-order valence-electron chi connectivity index (χ0n) is 11.8. The Morgan fingerprint density at radius 1 is 1.15 bits per heavy atom. The van der Waals surface area contributed by atoms with Crippen molar-refractivity contribution in [1.29, 1.82) is 0 Å². The van der Waals surface area contributed by atoms with Gasteiger partial charge >= 0.3 is 0 Å². The van der Waals surface area contributed by atoms with Crippen LogP contribution in [-0.2, 0) is 6.54 Å². The second kappa shape index (κ2) is 5.23. The van der Waals surface area contributed by atoms with Crippen LogP contribution >= 0.6 is 0 Å². The summed E-state index contributed by atoms with van der Waals surface area (Å²) in [6.07, 6.45) is 5.42. The fourth-order valence-electron chi connectivity index (χ4n) is 3.84. The molecule has 2 aromatic rings. The van der Waals surface area contributed by atoms with E-state index >= 15 is 0 Å². The number of furan rings is 1. The van der Waals surface area contributed by atoms with E-state index in [9.17, 15) is 0 Å². The molecule has 2 saturated heterocycles. The molecular formula is C17H22N2O. The highest BCUT2D eigenvalue weighted by Gasteiger charge is 2.34. The first kappa shape index (κ1) is 12.4. The predicted octanol–water partition coefficient (Wildman–Crippen LogP) is 3.15. The molecule has 0 spiro atoms. The largest absolute Gasteiger partial charge is 0.460 e. The first-order chi connectivity index (χ1) is 9.90. The van der Waals surface area contributed by atoms with Crippen LogP contribution in [0.2, 0.25) is 0 Å². The summed E-state index contributed by atoms with van der Waals surface area (Å²) >= 11 is 0. The third kappa shape index (κ3) is 2.25. The first-order valence-electron chi connectivity index (χ1n) is 7.85. The van der Waals surface area contributed by atoms with Crippen molar-refractivity contribution in [2.75, 3.05) is 13.1 Å². The Labute approximate surface area is 119 Å². The Morgan fingerprint density at radius 3 is 3.05 bits per heavy atom. The third-order valence-corrected chi connectivity index (χ3v) is 4.87. The minimum atomic E-state index is 0.642. The van der Waals surface area contributed by atoms with Gasteiger partial charge in [0.2, 0.25) is 0 Å². The van der Waals surface area contributed by atoms with Crippen LogP contribution in [0.3, 0.4) is 0 Å². The number of hydrogen-bond donors (Lipinski definition) is 1. The zero-order chi connectivity index (χ0) is 13.4. The minimum absolute atomic E-state index is 0.642. The number of nitrogens with zero attached hydrogens (tertiary/aromatic N) is 1. The van der Waals surface area contributed by atoms with Crippen LogP contribution in [0.1, 0.15) is 31.4 Å². The smallest absolute Gasteiger partial charge is 0.134 e. The van der Waals surface area contributed by atoms with E-state index in [0.717, 1.165) is 23.9 Å². The van der Waals surface area contributed by atoms with Crippen LogP contribution in [-0.4, -0.2) is 30.1 Å². The van der Waals surface area contributed by atoms with Gasteiger partial charge in [0.25, 0.3) is 0 Å². The Hall–Kier alpha value is -1.32. The molecule has 0 bridgehead atoms. The van der Waals surface area contributed by atoms with Gasteiger partial charge < -0.3 is 9.73 Å². The van der Waals surface area contributed by atoms with Crippen molar-refractivity contribution >= 4 is 11.0 Å². The van der Waals surface area contributed by atoms with Gasteiger partial charge in [-0.25, -0.2) is 0 Å². The maximum atomic E-state index is 5.89. The Morgan fingerprint density at radius 2 is 2.10 bits per heavy atom. The average Bonchev–Trinajstić information content (AvgIpc) is 3.08. The molecule has 2 fully saturated rings. The molecule has 0 amide bonds. The van der Waals surface area contributed by atoms with Crippen LogP contribution in [0.5, 0.6) is 0 Å². The molecule has 0 radical (unpaired) electrons. The van der Waals surface area contributed by atoms with Crippen LogP contribution in [0, 0.1) is 0 Å². The Bertz CT molecular complexity index is 558. The number of fused-ring (bicyclic) bond motifs is 2. The molecule has 20 heavy (non-hydrogen) atoms. The number of nitrogens with one attached hydrogen (secondary N) is 1. The van der Waals surface area contributed by atoms with Gasteiger partial charge in [-0.05, 0) is 37.9 Å². The fourth-order valence-corrected chi connectivity index (χ4v) is 3.84. The van der Waals surface area contributed by atoms with Crippen LogP contribution < -0.4 is 5.32 Å². The van der Waals surface area contributed by atoms with Crippen LogP contribution in [0.25, 0.3) is 11.0 Å². The minimum Gasteiger partial charge on any atom is -0.460 e. The highest BCUT2D eigenvalue weighted by molar-refractivity contribution is 5.77. The average molecular weight is 270 g/mol. The molecule has 3 nitrogen and oxygen atoms in total. The van der Waals surface area contributed by atoms with E-state index in [-0.39, 0.29) is 0 Å². The first-order valence-corrected chi connectivity index (χ1v) is 7.85. The van der Waals surface area contributed by atoms with Crippen LogP contribution in [0.15, 0.2) is 34.7 Å². The topological polar surface area (TPSA) is 28.4 Å². The molecule has 2 aliphatic rings. The SMILES string of the molecule is c1ccc2oc(CNC3CCN4CCCCC34)cc2c1. The van der Waals surface area contributed by atoms with E-state index in [0.29, 0.717) is 6.04 Å². The van der Waals surface area contributed by atoms with Crippen molar-refractivity contribution in [1.82, 2.24) is 10.2 Å². The number of piperidine rings is 1. The van der Waals surface area contributed by atoms with E-state index in [1.165, 1.54) is 44.2 Å². The molecule has 1 N–H and O–H groups in total. The van der Waals surface area contributed by atoms with E-state index in [2.05, 4.69) is 28.4 Å². The molecular weight excluding hydrogens is 248 g/mol. The molecule has 0 saturated carbocycles. The summed E-state index contributed by atoms with van der Waals surface area (Å²) in [4.78, 5) is 2.67. The summed E-state index contributed by atoms with van der Waals surface area (Å²) < 4.78 is 5.89. The number of benzene rings is 1. The predicted molar refractivity (Wildman–Crippen MR) is 80.7 cm³/mol. The fraction of sp³-hybridized carbons (Fsp3) is 0.529. The standard InChI is InChI=1S/C17H22N2O/c1-2-7-17-13(5-1)11-14(20-17)12-18-15-8-10-19-9-4-3-6-16(15)19/h1-2,5,7,11,15-16,18H,3-4,6,8-10,12H2. The number of hydrogen-bond acceptors (Lipinski definition) is 3. The Balaban J connectivity index is 1.42. The highest BCUT2D eigenvalue weighted by Crippen LogP contribution is 2.27. The molecule has 3 heteroatoms. The van der Waals surface area contributed by atoms with Crippen molar-refractivity contribution in [2.45, 2.75) is 44.3 Å². The quantitative estimate of drug-likeness (QED) is 0.928. The van der Waals surface area contributed by atoms with Gasteiger partial charge in [-0.15, -0.1) is 0 Å². The summed E-state index contributed by atoms with van der Waals surface area (Å²) in [6, 6.07) is 11.8. The summed E-state index contributed by atoms with van der Waals surface area (Å²) in [5.74, 6) is 1.06. The van der Waals surface area contributed by atoms with E-state index < -0.39 is 0 Å². The van der Waals surface area contributed by atoms with Crippen LogP contribution in [0.4, 0.5) is 0 Å². The monoisotopic (exact) mass is 270 g/mol. The molecule has 2 aliphatic heterocycles. The molecule has 3 heterocycles. The van der Waals surface area contributed by atoms with Gasteiger partial charge in [-0.3, -0.25) is 4.90 Å². The van der Waals surface area contributed by atoms with Gasteiger partial charge in [-0.2, -0.15) is 0 Å². The van der Waals surface area contributed by atoms with E-state index in [1.807, 2.05) is 12.1 Å². The van der Waals surface area contributed by atoms with E-state index in [1.54, 1.807) is 0 Å². The molecule has 106 valence electrons. The van der Waals surface area contributed by atoms with E-state index in [4.69, 9.17) is 4.42 Å². The molecule has 0 aliphatic carbocycles. The normalized spacial score (nSPS) is 27.0. The van der Waals surface area contributed by atoms with Gasteiger partial charge in [0.1, 0.15) is 11.3 Å². The maximum absolute atomic E-state index is 5.89. The number of rotatable bonds is 3. The molecule has 2 atom stereocenters. The lowest BCUT2D eigenvalue weighted by molar-refractivity contribution is 0.179. The lowest BCUT2D eigenvalue weighted by Gasteiger charge is -2.32. The van der Waals surface area contributed by atoms with Crippen molar-refractivity contribution in [3.05, 3.63) is 36.1 Å². The molecule has 2 unspecified atom stereocenters. The zero-order valence-corrected chi connectivity index (χ0v) is 11.8. The summed E-state index contributed by atoms with van der Waals surface area (Å²) in [6.45, 7) is 3.42. The third-order valence-electron chi connectivity index (χ3n) is 4.87. The molecule has 1 aromatic heterocycles. The summed E-state index contributed by atoms with van der Waals surface area (Å²) in [7, 11) is 0. The van der Waals surface area contributed by atoms with Gasteiger partial charge in [-0.1, -0.05) is 24.6 Å². The number of para-hydroxylation sites is 1. The lowest BCUT2D eigenvalue weighted by atomic mass is 9.99. The van der Waals surface area contributed by atoms with Crippen molar-refractivity contribution in [3.8, 4) is 0 Å². The Kier molecular flexibility index (Phi) is 3.25. The second-order valence-corrected chi connectivity index (χ2v) is 6.13. The molecule has 4 rings (SSSR count). The van der Waals surface area contributed by atoms with Crippen molar-refractivity contribution in [2.24, 2.45) is 0 Å². The van der Waals surface area contributed by atoms with Crippen molar-refractivity contribution in [3.63, 3.8) is 0 Å². The van der Waals surface area contributed by atoms with Gasteiger partial charge in [0.15, 0.2) is 0 Å². The highest BCUT2D eigenvalue weighted by atomic mass is 16.3. The summed E-state index contributed by atoms with van der Waals surface area (Å²) in [5.41, 5.74) is 0.995. The molecule has 1 aromatic carbocycles. The van der Waals surface area contributed by atoms with Gasteiger partial charge in [0, 0.05) is 24.0 Å². The van der Waals surface area contributed by atoms with Gasteiger partial charge in [0.05, 0.1) is 6.54 Å². The summed E-state index contributed by atoms with van der Waals surface area (Å²) in [5, 5.41) is 4.93. The second-order valence-electron chi connectivity index (χ2n) is 6.13.